The molecule has 112 valence electrons. The van der Waals surface area contributed by atoms with Crippen molar-refractivity contribution >= 4 is 46.3 Å². The number of hydrogen-bond donors (Lipinski definition) is 0. The second-order valence-corrected chi connectivity index (χ2v) is 9.22. The van der Waals surface area contributed by atoms with Crippen molar-refractivity contribution in [1.29, 1.82) is 0 Å². The first-order valence-corrected chi connectivity index (χ1v) is 9.50. The Kier molecular flexibility index (Phi) is 4.32. The molecule has 0 N–H and O–H groups in total. The van der Waals surface area contributed by atoms with Crippen LogP contribution in [0.15, 0.2) is 60.7 Å². The Labute approximate surface area is 143 Å². The van der Waals surface area contributed by atoms with E-state index in [4.69, 9.17) is 11.6 Å². The molecule has 0 aromatic heterocycles. The molecule has 0 aliphatic carbocycles. The van der Waals surface area contributed by atoms with Gasteiger partial charge in [0, 0.05) is 0 Å². The molecule has 0 fully saturated rings. The Morgan fingerprint density at radius 3 is 2.09 bits per heavy atom. The Hall–Kier alpha value is -1.27. The van der Waals surface area contributed by atoms with E-state index in [-0.39, 0.29) is 20.4 Å². The first-order chi connectivity index (χ1) is 10.4. The van der Waals surface area contributed by atoms with Gasteiger partial charge in [-0.2, -0.15) is 0 Å². The van der Waals surface area contributed by atoms with E-state index in [1.54, 1.807) is 0 Å². The van der Waals surface area contributed by atoms with Gasteiger partial charge < -0.3 is 0 Å². The Morgan fingerprint density at radius 1 is 0.818 bits per heavy atom. The van der Waals surface area contributed by atoms with Gasteiger partial charge in [-0.25, -0.2) is 0 Å². The summed E-state index contributed by atoms with van der Waals surface area (Å²) in [5.41, 5.74) is 1.58. The Balaban J connectivity index is 1.97. The summed E-state index contributed by atoms with van der Waals surface area (Å²) in [6.45, 7) is 6.74. The third-order valence-corrected chi connectivity index (χ3v) is 6.32. The van der Waals surface area contributed by atoms with E-state index in [9.17, 15) is 0 Å². The molecule has 0 bridgehead atoms. The van der Waals surface area contributed by atoms with Crippen molar-refractivity contribution < 1.29 is 0 Å². The molecule has 2 heteroatoms. The summed E-state index contributed by atoms with van der Waals surface area (Å²) in [6, 6.07) is 21.6. The fraction of sp³-hybridized carbons (Fsp3) is 0.200. The molecular formula is C20H19ClSe. The molecular weight excluding hydrogens is 355 g/mol. The van der Waals surface area contributed by atoms with E-state index in [1.165, 1.54) is 25.3 Å². The van der Waals surface area contributed by atoms with Crippen LogP contribution in [0.4, 0.5) is 0 Å². The van der Waals surface area contributed by atoms with Gasteiger partial charge in [-0.05, 0) is 0 Å². The molecule has 0 amide bonds. The fourth-order valence-corrected chi connectivity index (χ4v) is 5.01. The molecule has 0 aliphatic heterocycles. The van der Waals surface area contributed by atoms with Crippen LogP contribution < -0.4 is 8.92 Å². The number of fused-ring (bicyclic) bond motifs is 1. The van der Waals surface area contributed by atoms with Crippen molar-refractivity contribution in [2.75, 3.05) is 0 Å². The van der Waals surface area contributed by atoms with Crippen molar-refractivity contribution in [1.82, 2.24) is 0 Å². The topological polar surface area (TPSA) is 0 Å². The number of rotatable bonds is 2. The standard InChI is InChI=1S/C20H19ClSe/c1-20(2,3)15-10-12-16(13-11-15)22-18-9-5-7-14-6-4-8-17(21)19(14)18/h4-13H,1-3H3. The zero-order chi connectivity index (χ0) is 15.7. The van der Waals surface area contributed by atoms with Crippen molar-refractivity contribution in [3.05, 3.63) is 71.2 Å². The molecule has 0 aliphatic rings. The van der Waals surface area contributed by atoms with E-state index in [0.717, 1.165) is 5.02 Å². The SMILES string of the molecule is CC(C)(C)c1ccc([Se]c2cccc3cccc(Cl)c23)cc1. The zero-order valence-electron chi connectivity index (χ0n) is 13.1. The molecule has 3 rings (SSSR count). The van der Waals surface area contributed by atoms with E-state index < -0.39 is 0 Å². The average molecular weight is 374 g/mol. The van der Waals surface area contributed by atoms with Gasteiger partial charge in [0.25, 0.3) is 0 Å². The van der Waals surface area contributed by atoms with Crippen molar-refractivity contribution in [3.8, 4) is 0 Å². The summed E-state index contributed by atoms with van der Waals surface area (Å²) in [5, 5.41) is 3.27. The third-order valence-electron chi connectivity index (χ3n) is 3.76. The molecule has 3 aromatic carbocycles. The van der Waals surface area contributed by atoms with Crippen molar-refractivity contribution in [3.63, 3.8) is 0 Å². The van der Waals surface area contributed by atoms with E-state index in [1.807, 2.05) is 12.1 Å². The average Bonchev–Trinajstić information content (AvgIpc) is 2.47. The molecule has 0 radical (unpaired) electrons. The van der Waals surface area contributed by atoms with Crippen LogP contribution >= 0.6 is 11.6 Å². The van der Waals surface area contributed by atoms with Crippen molar-refractivity contribution in [2.45, 2.75) is 26.2 Å². The van der Waals surface area contributed by atoms with Crippen LogP contribution in [0.25, 0.3) is 10.8 Å². The summed E-state index contributed by atoms with van der Waals surface area (Å²) >= 11 is 6.69. The molecule has 3 aromatic rings. The van der Waals surface area contributed by atoms with Gasteiger partial charge in [0.1, 0.15) is 0 Å². The molecule has 0 nitrogen and oxygen atoms in total. The van der Waals surface area contributed by atoms with E-state index in [0.29, 0.717) is 0 Å². The van der Waals surface area contributed by atoms with Gasteiger partial charge in [-0.1, -0.05) is 0 Å². The molecule has 0 unspecified atom stereocenters. The summed E-state index contributed by atoms with van der Waals surface area (Å²) in [7, 11) is 0. The van der Waals surface area contributed by atoms with Gasteiger partial charge in [-0.15, -0.1) is 0 Å². The van der Waals surface area contributed by atoms with Crippen LogP contribution in [0, 0.1) is 0 Å². The Morgan fingerprint density at radius 2 is 1.45 bits per heavy atom. The maximum atomic E-state index is 6.42. The van der Waals surface area contributed by atoms with Crippen molar-refractivity contribution in [2.24, 2.45) is 0 Å². The second kappa shape index (κ2) is 6.08. The normalized spacial score (nSPS) is 11.8. The third kappa shape index (κ3) is 3.22. The van der Waals surface area contributed by atoms with Gasteiger partial charge >= 0.3 is 144 Å². The monoisotopic (exact) mass is 374 g/mol. The van der Waals surface area contributed by atoms with Gasteiger partial charge in [0.2, 0.25) is 0 Å². The molecule has 0 saturated heterocycles. The quantitative estimate of drug-likeness (QED) is 0.582. The minimum absolute atomic E-state index is 0.203. The number of benzene rings is 3. The zero-order valence-corrected chi connectivity index (χ0v) is 15.5. The summed E-state index contributed by atoms with van der Waals surface area (Å²) in [5.74, 6) is 0. The Bertz CT molecular complexity index is 793. The van der Waals surface area contributed by atoms with Crippen LogP contribution in [0.2, 0.25) is 5.02 Å². The second-order valence-electron chi connectivity index (χ2n) is 6.47. The molecule has 0 heterocycles. The van der Waals surface area contributed by atoms with Gasteiger partial charge in [0.05, 0.1) is 0 Å². The number of hydrogen-bond acceptors (Lipinski definition) is 0. The minimum atomic E-state index is 0.203. The van der Waals surface area contributed by atoms with Crippen LogP contribution in [-0.2, 0) is 5.41 Å². The van der Waals surface area contributed by atoms with Crippen LogP contribution in [-0.4, -0.2) is 15.0 Å². The van der Waals surface area contributed by atoms with Crippen LogP contribution in [0.1, 0.15) is 26.3 Å². The number of halogens is 1. The molecule has 0 atom stereocenters. The summed E-state index contributed by atoms with van der Waals surface area (Å²) in [6.07, 6.45) is 0. The predicted molar refractivity (Wildman–Crippen MR) is 99.1 cm³/mol. The summed E-state index contributed by atoms with van der Waals surface area (Å²) in [4.78, 5) is 0. The predicted octanol–water partition coefficient (Wildman–Crippen LogP) is 4.45. The van der Waals surface area contributed by atoms with Crippen LogP contribution in [0.5, 0.6) is 0 Å². The van der Waals surface area contributed by atoms with E-state index in [2.05, 4.69) is 69.3 Å². The van der Waals surface area contributed by atoms with Gasteiger partial charge in [0.15, 0.2) is 0 Å². The van der Waals surface area contributed by atoms with Gasteiger partial charge in [-0.3, -0.25) is 0 Å². The first-order valence-electron chi connectivity index (χ1n) is 7.41. The summed E-state index contributed by atoms with van der Waals surface area (Å²) < 4.78 is 2.73. The van der Waals surface area contributed by atoms with Crippen LogP contribution in [0.3, 0.4) is 0 Å². The van der Waals surface area contributed by atoms with E-state index >= 15 is 0 Å². The molecule has 0 saturated carbocycles. The molecule has 22 heavy (non-hydrogen) atoms. The fourth-order valence-electron chi connectivity index (χ4n) is 2.50. The molecule has 0 spiro atoms. The first kappa shape index (κ1) is 15.6. The maximum absolute atomic E-state index is 6.42.